The standard InChI is InChI=1S/C25H27ClN8O4.C2H6/c1-2-37-21(35)9-5-8-20-32-24(33-38-20)22-17(26)12-16(13-28-22)30-25(36)31-18-14-27-19-10-11-29-34(19)23(18)15-6-3-4-7-15;1-2/h10-15H,2-9H2,1H3,(H2,30,31,36);1-2H3. The summed E-state index contributed by atoms with van der Waals surface area (Å²) in [6, 6.07) is 2.95. The molecule has 2 N–H and O–H groups in total. The third kappa shape index (κ3) is 6.92. The molecule has 40 heavy (non-hydrogen) atoms. The number of carbonyl (C=O) groups excluding carboxylic acids is 2. The average Bonchev–Trinajstić information content (AvgIpc) is 3.73. The number of aromatic nitrogens is 6. The van der Waals surface area contributed by atoms with Crippen LogP contribution in [0, 0.1) is 0 Å². The molecular weight excluding hydrogens is 536 g/mol. The van der Waals surface area contributed by atoms with Crippen molar-refractivity contribution in [2.24, 2.45) is 0 Å². The quantitative estimate of drug-likeness (QED) is 0.230. The van der Waals surface area contributed by atoms with Crippen molar-refractivity contribution in [2.75, 3.05) is 17.2 Å². The van der Waals surface area contributed by atoms with Crippen LogP contribution in [0.2, 0.25) is 5.02 Å². The number of carbonyl (C=O) groups is 2. The number of hydrogen-bond acceptors (Lipinski definition) is 9. The van der Waals surface area contributed by atoms with Gasteiger partial charge in [0.05, 0.1) is 47.3 Å². The molecule has 1 aliphatic rings. The molecule has 0 saturated heterocycles. The Morgan fingerprint density at radius 2 is 1.98 bits per heavy atom. The van der Waals surface area contributed by atoms with Gasteiger partial charge in [0, 0.05) is 24.8 Å². The van der Waals surface area contributed by atoms with Crippen molar-refractivity contribution in [1.29, 1.82) is 0 Å². The van der Waals surface area contributed by atoms with E-state index >= 15 is 0 Å². The number of fused-ring (bicyclic) bond motifs is 1. The summed E-state index contributed by atoms with van der Waals surface area (Å²) in [5.41, 5.74) is 3.02. The van der Waals surface area contributed by atoms with Crippen molar-refractivity contribution in [3.63, 3.8) is 0 Å². The summed E-state index contributed by atoms with van der Waals surface area (Å²) in [6.07, 6.45) is 10.4. The van der Waals surface area contributed by atoms with Gasteiger partial charge in [0.1, 0.15) is 5.69 Å². The van der Waals surface area contributed by atoms with Crippen LogP contribution in [0.5, 0.6) is 0 Å². The molecule has 0 unspecified atom stereocenters. The van der Waals surface area contributed by atoms with Crippen LogP contribution in [0.3, 0.4) is 0 Å². The average molecular weight is 569 g/mol. The number of amides is 2. The molecule has 4 heterocycles. The zero-order chi connectivity index (χ0) is 28.5. The maximum Gasteiger partial charge on any atom is 0.323 e. The van der Waals surface area contributed by atoms with E-state index in [1.165, 1.54) is 6.20 Å². The largest absolute Gasteiger partial charge is 0.466 e. The van der Waals surface area contributed by atoms with E-state index in [0.29, 0.717) is 48.3 Å². The van der Waals surface area contributed by atoms with Crippen LogP contribution in [0.25, 0.3) is 17.2 Å². The summed E-state index contributed by atoms with van der Waals surface area (Å²) in [6.45, 7) is 6.11. The van der Waals surface area contributed by atoms with Gasteiger partial charge >= 0.3 is 12.0 Å². The van der Waals surface area contributed by atoms with E-state index in [-0.39, 0.29) is 23.2 Å². The van der Waals surface area contributed by atoms with Crippen LogP contribution in [0.15, 0.2) is 35.2 Å². The second-order valence-electron chi connectivity index (χ2n) is 8.94. The van der Waals surface area contributed by atoms with Gasteiger partial charge < -0.3 is 19.9 Å². The van der Waals surface area contributed by atoms with Gasteiger partial charge in [-0.1, -0.05) is 43.4 Å². The smallest absolute Gasteiger partial charge is 0.323 e. The molecule has 12 nitrogen and oxygen atoms in total. The maximum atomic E-state index is 12.9. The minimum absolute atomic E-state index is 0.219. The molecule has 1 fully saturated rings. The summed E-state index contributed by atoms with van der Waals surface area (Å²) in [4.78, 5) is 37.4. The summed E-state index contributed by atoms with van der Waals surface area (Å²) >= 11 is 6.42. The number of nitrogens with one attached hydrogen (secondary N) is 2. The van der Waals surface area contributed by atoms with Gasteiger partial charge in [-0.05, 0) is 32.3 Å². The fraction of sp³-hybridized carbons (Fsp3) is 0.444. The van der Waals surface area contributed by atoms with Crippen LogP contribution in [-0.4, -0.2) is 48.3 Å². The summed E-state index contributed by atoms with van der Waals surface area (Å²) in [5.74, 6) is 0.620. The van der Waals surface area contributed by atoms with Crippen LogP contribution in [0.1, 0.15) is 76.8 Å². The fourth-order valence-electron chi connectivity index (χ4n) is 4.60. The van der Waals surface area contributed by atoms with Crippen molar-refractivity contribution >= 4 is 40.6 Å². The van der Waals surface area contributed by atoms with Crippen LogP contribution in [0.4, 0.5) is 16.2 Å². The zero-order valence-corrected chi connectivity index (χ0v) is 23.6. The van der Waals surface area contributed by atoms with E-state index in [9.17, 15) is 9.59 Å². The number of anilines is 2. The van der Waals surface area contributed by atoms with Gasteiger partial charge in [-0.25, -0.2) is 19.3 Å². The number of aryl methyl sites for hydroxylation is 1. The number of nitrogens with zero attached hydrogens (tertiary/aromatic N) is 6. The first kappa shape index (κ1) is 28.9. The van der Waals surface area contributed by atoms with Gasteiger partial charge in [-0.2, -0.15) is 10.1 Å². The van der Waals surface area contributed by atoms with Crippen molar-refractivity contribution < 1.29 is 18.8 Å². The molecule has 212 valence electrons. The van der Waals surface area contributed by atoms with Crippen molar-refractivity contribution in [3.8, 4) is 11.5 Å². The monoisotopic (exact) mass is 568 g/mol. The lowest BCUT2D eigenvalue weighted by Crippen LogP contribution is -2.22. The van der Waals surface area contributed by atoms with Crippen LogP contribution < -0.4 is 10.6 Å². The van der Waals surface area contributed by atoms with Crippen molar-refractivity contribution in [3.05, 3.63) is 47.3 Å². The van der Waals surface area contributed by atoms with E-state index in [1.807, 2.05) is 19.9 Å². The van der Waals surface area contributed by atoms with E-state index in [2.05, 4.69) is 35.8 Å². The minimum Gasteiger partial charge on any atom is -0.466 e. The second kappa shape index (κ2) is 13.8. The van der Waals surface area contributed by atoms with Gasteiger partial charge in [0.25, 0.3) is 0 Å². The van der Waals surface area contributed by atoms with Gasteiger partial charge in [-0.15, -0.1) is 0 Å². The van der Waals surface area contributed by atoms with Gasteiger partial charge in [0.2, 0.25) is 11.7 Å². The molecule has 2 amide bonds. The number of halogens is 1. The zero-order valence-electron chi connectivity index (χ0n) is 22.8. The Kier molecular flexibility index (Phi) is 10.0. The van der Waals surface area contributed by atoms with E-state index in [0.717, 1.165) is 37.0 Å². The molecule has 1 saturated carbocycles. The first-order valence-electron chi connectivity index (χ1n) is 13.6. The molecule has 4 aromatic heterocycles. The lowest BCUT2D eigenvalue weighted by Gasteiger charge is -2.17. The van der Waals surface area contributed by atoms with Crippen molar-refractivity contribution in [1.82, 2.24) is 29.7 Å². The summed E-state index contributed by atoms with van der Waals surface area (Å²) < 4.78 is 12.0. The van der Waals surface area contributed by atoms with Crippen molar-refractivity contribution in [2.45, 2.75) is 71.6 Å². The third-order valence-corrected chi connectivity index (χ3v) is 6.59. The normalized spacial score (nSPS) is 13.1. The summed E-state index contributed by atoms with van der Waals surface area (Å²) in [7, 11) is 0. The van der Waals surface area contributed by atoms with E-state index in [4.69, 9.17) is 20.9 Å². The third-order valence-electron chi connectivity index (χ3n) is 6.30. The molecule has 0 aliphatic heterocycles. The molecule has 0 bridgehead atoms. The first-order chi connectivity index (χ1) is 19.5. The second-order valence-corrected chi connectivity index (χ2v) is 9.35. The molecule has 0 atom stereocenters. The first-order valence-corrected chi connectivity index (χ1v) is 13.9. The molecule has 0 spiro atoms. The molecular formula is C27H33ClN8O4. The lowest BCUT2D eigenvalue weighted by molar-refractivity contribution is -0.143. The highest BCUT2D eigenvalue weighted by atomic mass is 35.5. The number of rotatable bonds is 9. The molecule has 1 aliphatic carbocycles. The molecule has 4 aromatic rings. The Labute approximate surface area is 236 Å². The molecule has 5 rings (SSSR count). The Hall–Kier alpha value is -4.06. The minimum atomic E-state index is -0.452. The Balaban J connectivity index is 0.00000181. The van der Waals surface area contributed by atoms with Crippen LogP contribution >= 0.6 is 11.6 Å². The lowest BCUT2D eigenvalue weighted by atomic mass is 10.0. The van der Waals surface area contributed by atoms with Gasteiger partial charge in [-0.3, -0.25) is 4.79 Å². The van der Waals surface area contributed by atoms with E-state index < -0.39 is 6.03 Å². The summed E-state index contributed by atoms with van der Waals surface area (Å²) in [5, 5.41) is 14.3. The Morgan fingerprint density at radius 1 is 1.18 bits per heavy atom. The fourth-order valence-corrected chi connectivity index (χ4v) is 4.86. The topological polar surface area (TPSA) is 149 Å². The SMILES string of the molecule is CC.CCOC(=O)CCCc1nc(-c2ncc(NC(=O)Nc3cnc4ccnn4c3C3CCCC3)cc2Cl)no1. The highest BCUT2D eigenvalue weighted by Gasteiger charge is 2.25. The van der Waals surface area contributed by atoms with Gasteiger partial charge in [0.15, 0.2) is 5.65 Å². The maximum absolute atomic E-state index is 12.9. The molecule has 13 heteroatoms. The Bertz CT molecular complexity index is 1450. The number of pyridine rings is 1. The predicted octanol–water partition coefficient (Wildman–Crippen LogP) is 6.04. The molecule has 0 radical (unpaired) electrons. The number of urea groups is 1. The predicted molar refractivity (Wildman–Crippen MR) is 150 cm³/mol. The number of ether oxygens (including phenoxy) is 1. The van der Waals surface area contributed by atoms with Crippen LogP contribution in [-0.2, 0) is 16.0 Å². The van der Waals surface area contributed by atoms with E-state index in [1.54, 1.807) is 29.9 Å². The highest BCUT2D eigenvalue weighted by Crippen LogP contribution is 2.37. The number of esters is 1. The highest BCUT2D eigenvalue weighted by molar-refractivity contribution is 6.33. The number of hydrogen-bond donors (Lipinski definition) is 2. The molecule has 0 aromatic carbocycles. The Morgan fingerprint density at radius 3 is 2.73 bits per heavy atom.